The molecule has 2 rings (SSSR count). The van der Waals surface area contributed by atoms with Gasteiger partial charge in [-0.15, -0.1) is 0 Å². The molecule has 3 nitrogen and oxygen atoms in total. The van der Waals surface area contributed by atoms with Crippen LogP contribution < -0.4 is 0 Å². The van der Waals surface area contributed by atoms with E-state index in [-0.39, 0.29) is 0 Å². The topological polar surface area (TPSA) is 38.7 Å². The minimum atomic E-state index is -0.401. The summed E-state index contributed by atoms with van der Waals surface area (Å²) in [5.74, 6) is 0.649. The lowest BCUT2D eigenvalue weighted by Crippen LogP contribution is -2.20. The molecule has 3 heteroatoms. The van der Waals surface area contributed by atoms with E-state index in [9.17, 15) is 5.11 Å². The quantitative estimate of drug-likeness (QED) is 0.873. The molecule has 0 spiro atoms. The predicted molar refractivity (Wildman–Crippen MR) is 70.3 cm³/mol. The van der Waals surface area contributed by atoms with Crippen molar-refractivity contribution in [2.75, 3.05) is 19.8 Å². The summed E-state index contributed by atoms with van der Waals surface area (Å²) in [6, 6.07) is 7.95. The van der Waals surface area contributed by atoms with Crippen LogP contribution in [0.1, 0.15) is 37.0 Å². The standard InChI is InChI=1S/C15H22O3/c1-12(16)15-4-2-13(3-5-15)10-18-11-14-6-8-17-9-7-14/h2-5,12,14,16H,6-11H2,1H3. The van der Waals surface area contributed by atoms with Crippen LogP contribution in [-0.4, -0.2) is 24.9 Å². The van der Waals surface area contributed by atoms with Crippen LogP contribution in [0.2, 0.25) is 0 Å². The number of aliphatic hydroxyl groups is 1. The highest BCUT2D eigenvalue weighted by Crippen LogP contribution is 2.16. The average molecular weight is 250 g/mol. The van der Waals surface area contributed by atoms with Gasteiger partial charge in [0, 0.05) is 13.2 Å². The molecule has 0 bridgehead atoms. The molecular weight excluding hydrogens is 228 g/mol. The van der Waals surface area contributed by atoms with Crippen LogP contribution in [0.4, 0.5) is 0 Å². The van der Waals surface area contributed by atoms with E-state index in [1.165, 1.54) is 0 Å². The van der Waals surface area contributed by atoms with Gasteiger partial charge in [-0.1, -0.05) is 24.3 Å². The summed E-state index contributed by atoms with van der Waals surface area (Å²) in [7, 11) is 0. The molecule has 0 saturated carbocycles. The number of ether oxygens (including phenoxy) is 2. The summed E-state index contributed by atoms with van der Waals surface area (Å²) in [5, 5.41) is 9.42. The molecule has 1 unspecified atom stereocenters. The third-order valence-corrected chi connectivity index (χ3v) is 3.43. The van der Waals surface area contributed by atoms with Gasteiger partial charge in [0.05, 0.1) is 19.3 Å². The van der Waals surface area contributed by atoms with E-state index < -0.39 is 6.10 Å². The van der Waals surface area contributed by atoms with Crippen molar-refractivity contribution in [1.29, 1.82) is 0 Å². The van der Waals surface area contributed by atoms with Gasteiger partial charge in [-0.25, -0.2) is 0 Å². The summed E-state index contributed by atoms with van der Waals surface area (Å²) >= 11 is 0. The summed E-state index contributed by atoms with van der Waals surface area (Å²) in [4.78, 5) is 0. The fourth-order valence-corrected chi connectivity index (χ4v) is 2.15. The molecule has 1 heterocycles. The largest absolute Gasteiger partial charge is 0.389 e. The highest BCUT2D eigenvalue weighted by Gasteiger charge is 2.13. The molecule has 1 aromatic rings. The Bertz CT molecular complexity index is 339. The Morgan fingerprint density at radius 2 is 1.94 bits per heavy atom. The van der Waals surface area contributed by atoms with E-state index >= 15 is 0 Å². The summed E-state index contributed by atoms with van der Waals surface area (Å²) < 4.78 is 11.1. The lowest BCUT2D eigenvalue weighted by atomic mass is 10.0. The molecule has 1 aliphatic heterocycles. The van der Waals surface area contributed by atoms with Gasteiger partial charge < -0.3 is 14.6 Å². The van der Waals surface area contributed by atoms with Gasteiger partial charge in [0.25, 0.3) is 0 Å². The molecule has 0 radical (unpaired) electrons. The summed E-state index contributed by atoms with van der Waals surface area (Å²) in [5.41, 5.74) is 2.11. The van der Waals surface area contributed by atoms with E-state index in [0.717, 1.165) is 43.8 Å². The van der Waals surface area contributed by atoms with Crippen LogP contribution >= 0.6 is 0 Å². The number of aliphatic hydroxyl groups excluding tert-OH is 1. The van der Waals surface area contributed by atoms with Gasteiger partial charge in [-0.2, -0.15) is 0 Å². The first-order valence-corrected chi connectivity index (χ1v) is 6.68. The van der Waals surface area contributed by atoms with Crippen LogP contribution in [0.3, 0.4) is 0 Å². The maximum absolute atomic E-state index is 9.42. The summed E-state index contributed by atoms with van der Waals surface area (Å²) in [6.07, 6.45) is 1.82. The SMILES string of the molecule is CC(O)c1ccc(COCC2CCOCC2)cc1. The van der Waals surface area contributed by atoms with E-state index in [1.807, 2.05) is 24.3 Å². The van der Waals surface area contributed by atoms with Crippen molar-refractivity contribution in [3.8, 4) is 0 Å². The Balaban J connectivity index is 1.72. The van der Waals surface area contributed by atoms with Crippen LogP contribution in [0.15, 0.2) is 24.3 Å². The van der Waals surface area contributed by atoms with Crippen LogP contribution in [0, 0.1) is 5.92 Å². The predicted octanol–water partition coefficient (Wildman–Crippen LogP) is 2.68. The maximum Gasteiger partial charge on any atom is 0.0761 e. The second-order valence-electron chi connectivity index (χ2n) is 4.99. The van der Waals surface area contributed by atoms with E-state index in [1.54, 1.807) is 6.92 Å². The minimum Gasteiger partial charge on any atom is -0.389 e. The number of benzene rings is 1. The first kappa shape index (κ1) is 13.5. The lowest BCUT2D eigenvalue weighted by Gasteiger charge is -2.21. The van der Waals surface area contributed by atoms with Crippen molar-refractivity contribution in [3.63, 3.8) is 0 Å². The number of rotatable bonds is 5. The van der Waals surface area contributed by atoms with Crippen molar-refractivity contribution in [2.24, 2.45) is 5.92 Å². The lowest BCUT2D eigenvalue weighted by molar-refractivity contribution is 0.0157. The molecule has 1 aromatic carbocycles. The van der Waals surface area contributed by atoms with Crippen LogP contribution in [-0.2, 0) is 16.1 Å². The Kier molecular flexibility index (Phi) is 5.17. The van der Waals surface area contributed by atoms with E-state index in [2.05, 4.69) is 0 Å². The Morgan fingerprint density at radius 1 is 1.28 bits per heavy atom. The smallest absolute Gasteiger partial charge is 0.0761 e. The molecule has 1 saturated heterocycles. The Labute approximate surface area is 109 Å². The molecule has 1 fully saturated rings. The van der Waals surface area contributed by atoms with Gasteiger partial charge in [-0.3, -0.25) is 0 Å². The Hall–Kier alpha value is -0.900. The number of hydrogen-bond acceptors (Lipinski definition) is 3. The normalized spacial score (nSPS) is 18.8. The molecule has 18 heavy (non-hydrogen) atoms. The molecule has 0 amide bonds. The Morgan fingerprint density at radius 3 is 2.56 bits per heavy atom. The highest BCUT2D eigenvalue weighted by molar-refractivity contribution is 5.23. The molecule has 0 aromatic heterocycles. The zero-order valence-electron chi connectivity index (χ0n) is 11.0. The van der Waals surface area contributed by atoms with Crippen molar-refractivity contribution in [1.82, 2.24) is 0 Å². The summed E-state index contributed by atoms with van der Waals surface area (Å²) in [6.45, 7) is 4.99. The third-order valence-electron chi connectivity index (χ3n) is 3.43. The first-order chi connectivity index (χ1) is 8.75. The average Bonchev–Trinajstić information content (AvgIpc) is 2.40. The van der Waals surface area contributed by atoms with Gasteiger partial charge in [0.15, 0.2) is 0 Å². The third kappa shape index (κ3) is 4.09. The van der Waals surface area contributed by atoms with E-state index in [4.69, 9.17) is 9.47 Å². The molecular formula is C15H22O3. The van der Waals surface area contributed by atoms with E-state index in [0.29, 0.717) is 12.5 Å². The van der Waals surface area contributed by atoms with Gasteiger partial charge in [-0.05, 0) is 36.8 Å². The first-order valence-electron chi connectivity index (χ1n) is 6.68. The van der Waals surface area contributed by atoms with Gasteiger partial charge in [0.1, 0.15) is 0 Å². The molecule has 1 atom stereocenters. The second-order valence-corrected chi connectivity index (χ2v) is 4.99. The van der Waals surface area contributed by atoms with Crippen molar-refractivity contribution >= 4 is 0 Å². The maximum atomic E-state index is 9.42. The fraction of sp³-hybridized carbons (Fsp3) is 0.600. The van der Waals surface area contributed by atoms with Crippen molar-refractivity contribution in [3.05, 3.63) is 35.4 Å². The van der Waals surface area contributed by atoms with Crippen molar-refractivity contribution in [2.45, 2.75) is 32.5 Å². The molecule has 0 aliphatic carbocycles. The molecule has 1 aliphatic rings. The van der Waals surface area contributed by atoms with Crippen LogP contribution in [0.5, 0.6) is 0 Å². The zero-order valence-corrected chi connectivity index (χ0v) is 11.0. The van der Waals surface area contributed by atoms with Gasteiger partial charge in [0.2, 0.25) is 0 Å². The minimum absolute atomic E-state index is 0.401. The molecule has 100 valence electrons. The monoisotopic (exact) mass is 250 g/mol. The number of hydrogen-bond donors (Lipinski definition) is 1. The van der Waals surface area contributed by atoms with Gasteiger partial charge >= 0.3 is 0 Å². The fourth-order valence-electron chi connectivity index (χ4n) is 2.15. The second kappa shape index (κ2) is 6.88. The highest BCUT2D eigenvalue weighted by atomic mass is 16.5. The van der Waals surface area contributed by atoms with Crippen molar-refractivity contribution < 1.29 is 14.6 Å². The van der Waals surface area contributed by atoms with Crippen LogP contribution in [0.25, 0.3) is 0 Å². The molecule has 1 N–H and O–H groups in total. The zero-order chi connectivity index (χ0) is 12.8.